The first-order valence-electron chi connectivity index (χ1n) is 6.61. The molecule has 2 rings (SSSR count). The van der Waals surface area contributed by atoms with Crippen molar-refractivity contribution < 1.29 is 9.53 Å². The van der Waals surface area contributed by atoms with Crippen LogP contribution in [0.5, 0.6) is 5.75 Å². The van der Waals surface area contributed by atoms with Crippen molar-refractivity contribution in [2.45, 2.75) is 19.9 Å². The van der Waals surface area contributed by atoms with Crippen LogP contribution in [0.3, 0.4) is 0 Å². The Kier molecular flexibility index (Phi) is 5.12. The second-order valence-corrected chi connectivity index (χ2v) is 4.46. The minimum absolute atomic E-state index is 0.0377. The van der Waals surface area contributed by atoms with Crippen molar-refractivity contribution in [3.8, 4) is 5.75 Å². The van der Waals surface area contributed by atoms with Crippen molar-refractivity contribution in [3.05, 3.63) is 59.9 Å². The maximum atomic E-state index is 11.7. The maximum Gasteiger partial charge on any atom is 0.223 e. The van der Waals surface area contributed by atoms with E-state index in [1.807, 2.05) is 49.4 Å². The monoisotopic (exact) mass is 270 g/mol. The number of nitrogens with one attached hydrogen (secondary N) is 1. The molecule has 0 unspecified atom stereocenters. The number of pyridine rings is 1. The fraction of sp³-hybridized carbons (Fsp3) is 0.250. The Hall–Kier alpha value is -2.36. The first kappa shape index (κ1) is 14.1. The van der Waals surface area contributed by atoms with E-state index in [-0.39, 0.29) is 5.91 Å². The number of carbonyl (C=O) groups is 1. The van der Waals surface area contributed by atoms with E-state index in [0.29, 0.717) is 19.6 Å². The molecule has 1 N–H and O–H groups in total. The molecule has 4 heteroatoms. The molecule has 1 aromatic heterocycles. The number of amides is 1. The Morgan fingerprint density at radius 2 is 2.00 bits per heavy atom. The molecule has 1 aromatic carbocycles. The SMILES string of the molecule is Cc1ccccc1OCCC(=O)NCc1ccccn1. The summed E-state index contributed by atoms with van der Waals surface area (Å²) in [6.45, 7) is 2.80. The normalized spacial score (nSPS) is 10.1. The molecular formula is C16H18N2O2. The molecule has 0 radical (unpaired) electrons. The molecule has 0 fully saturated rings. The number of rotatable bonds is 6. The van der Waals surface area contributed by atoms with Gasteiger partial charge in [-0.05, 0) is 30.7 Å². The molecule has 0 bridgehead atoms. The van der Waals surface area contributed by atoms with E-state index in [9.17, 15) is 4.79 Å². The van der Waals surface area contributed by atoms with Crippen LogP contribution in [0.1, 0.15) is 17.7 Å². The highest BCUT2D eigenvalue weighted by Crippen LogP contribution is 2.16. The lowest BCUT2D eigenvalue weighted by molar-refractivity contribution is -0.121. The van der Waals surface area contributed by atoms with Gasteiger partial charge in [-0.3, -0.25) is 9.78 Å². The molecule has 0 saturated heterocycles. The standard InChI is InChI=1S/C16H18N2O2/c1-13-6-2-3-8-15(13)20-11-9-16(19)18-12-14-7-4-5-10-17-14/h2-8,10H,9,11-12H2,1H3,(H,18,19). The van der Waals surface area contributed by atoms with Gasteiger partial charge in [-0.15, -0.1) is 0 Å². The molecule has 0 saturated carbocycles. The number of carbonyl (C=O) groups excluding carboxylic acids is 1. The van der Waals surface area contributed by atoms with Crippen LogP contribution in [0, 0.1) is 6.92 Å². The van der Waals surface area contributed by atoms with Crippen molar-refractivity contribution in [1.29, 1.82) is 0 Å². The lowest BCUT2D eigenvalue weighted by Crippen LogP contribution is -2.24. The van der Waals surface area contributed by atoms with E-state index in [1.54, 1.807) is 6.20 Å². The fourth-order valence-electron chi connectivity index (χ4n) is 1.75. The van der Waals surface area contributed by atoms with E-state index < -0.39 is 0 Å². The molecule has 4 nitrogen and oxygen atoms in total. The summed E-state index contributed by atoms with van der Waals surface area (Å²) in [7, 11) is 0. The van der Waals surface area contributed by atoms with Crippen LogP contribution >= 0.6 is 0 Å². The Balaban J connectivity index is 1.69. The van der Waals surface area contributed by atoms with Gasteiger partial charge in [0.25, 0.3) is 0 Å². The summed E-state index contributed by atoms with van der Waals surface area (Å²) in [5.74, 6) is 0.786. The molecule has 104 valence electrons. The van der Waals surface area contributed by atoms with Gasteiger partial charge < -0.3 is 10.1 Å². The van der Waals surface area contributed by atoms with Crippen LogP contribution in [0.15, 0.2) is 48.7 Å². The molecule has 0 spiro atoms. The zero-order chi connectivity index (χ0) is 14.2. The van der Waals surface area contributed by atoms with Crippen LogP contribution in [0.2, 0.25) is 0 Å². The topological polar surface area (TPSA) is 51.2 Å². The van der Waals surface area contributed by atoms with Gasteiger partial charge >= 0.3 is 0 Å². The van der Waals surface area contributed by atoms with Crippen molar-refractivity contribution >= 4 is 5.91 Å². The summed E-state index contributed by atoms with van der Waals surface area (Å²) in [6, 6.07) is 13.4. The zero-order valence-electron chi connectivity index (χ0n) is 11.5. The third-order valence-electron chi connectivity index (χ3n) is 2.87. The van der Waals surface area contributed by atoms with Gasteiger partial charge in [0.15, 0.2) is 0 Å². The van der Waals surface area contributed by atoms with Crippen molar-refractivity contribution in [3.63, 3.8) is 0 Å². The fourth-order valence-corrected chi connectivity index (χ4v) is 1.75. The Morgan fingerprint density at radius 3 is 2.75 bits per heavy atom. The van der Waals surface area contributed by atoms with E-state index in [1.165, 1.54) is 0 Å². The maximum absolute atomic E-state index is 11.7. The van der Waals surface area contributed by atoms with Crippen LogP contribution in [-0.2, 0) is 11.3 Å². The van der Waals surface area contributed by atoms with E-state index in [4.69, 9.17) is 4.74 Å². The number of aryl methyl sites for hydroxylation is 1. The lowest BCUT2D eigenvalue weighted by Gasteiger charge is -2.09. The second kappa shape index (κ2) is 7.28. The van der Waals surface area contributed by atoms with Gasteiger partial charge in [-0.25, -0.2) is 0 Å². The number of aromatic nitrogens is 1. The number of nitrogens with zero attached hydrogens (tertiary/aromatic N) is 1. The van der Waals surface area contributed by atoms with Crippen molar-refractivity contribution in [1.82, 2.24) is 10.3 Å². The molecule has 0 aliphatic carbocycles. The van der Waals surface area contributed by atoms with E-state index in [2.05, 4.69) is 10.3 Å². The predicted molar refractivity (Wildman–Crippen MR) is 77.4 cm³/mol. The number of para-hydroxylation sites is 1. The van der Waals surface area contributed by atoms with Gasteiger partial charge in [-0.1, -0.05) is 24.3 Å². The molecule has 1 heterocycles. The largest absolute Gasteiger partial charge is 0.493 e. The minimum Gasteiger partial charge on any atom is -0.493 e. The average Bonchev–Trinajstić information content (AvgIpc) is 2.48. The zero-order valence-corrected chi connectivity index (χ0v) is 11.5. The van der Waals surface area contributed by atoms with Gasteiger partial charge in [0.1, 0.15) is 5.75 Å². The van der Waals surface area contributed by atoms with Crippen LogP contribution in [0.25, 0.3) is 0 Å². The van der Waals surface area contributed by atoms with E-state index >= 15 is 0 Å². The molecular weight excluding hydrogens is 252 g/mol. The first-order valence-corrected chi connectivity index (χ1v) is 6.61. The number of benzene rings is 1. The average molecular weight is 270 g/mol. The third-order valence-corrected chi connectivity index (χ3v) is 2.87. The number of ether oxygens (including phenoxy) is 1. The first-order chi connectivity index (χ1) is 9.75. The predicted octanol–water partition coefficient (Wildman–Crippen LogP) is 2.48. The molecule has 0 aliphatic heterocycles. The molecule has 20 heavy (non-hydrogen) atoms. The molecule has 2 aromatic rings. The minimum atomic E-state index is -0.0377. The number of hydrogen-bond acceptors (Lipinski definition) is 3. The highest BCUT2D eigenvalue weighted by molar-refractivity contribution is 5.75. The second-order valence-electron chi connectivity index (χ2n) is 4.46. The summed E-state index contributed by atoms with van der Waals surface area (Å²) in [4.78, 5) is 15.8. The van der Waals surface area contributed by atoms with Crippen LogP contribution < -0.4 is 10.1 Å². The smallest absolute Gasteiger partial charge is 0.223 e. The summed E-state index contributed by atoms with van der Waals surface area (Å²) in [5, 5.41) is 2.82. The third kappa shape index (κ3) is 4.39. The molecule has 0 aliphatic rings. The van der Waals surface area contributed by atoms with Gasteiger partial charge in [-0.2, -0.15) is 0 Å². The Morgan fingerprint density at radius 1 is 1.20 bits per heavy atom. The van der Waals surface area contributed by atoms with Crippen molar-refractivity contribution in [2.75, 3.05) is 6.61 Å². The molecule has 1 amide bonds. The summed E-state index contributed by atoms with van der Waals surface area (Å²) in [6.07, 6.45) is 2.05. The highest BCUT2D eigenvalue weighted by atomic mass is 16.5. The van der Waals surface area contributed by atoms with Gasteiger partial charge in [0, 0.05) is 6.20 Å². The quantitative estimate of drug-likeness (QED) is 0.877. The van der Waals surface area contributed by atoms with E-state index in [0.717, 1.165) is 17.0 Å². The Bertz CT molecular complexity index is 555. The van der Waals surface area contributed by atoms with Crippen molar-refractivity contribution in [2.24, 2.45) is 0 Å². The van der Waals surface area contributed by atoms with Gasteiger partial charge in [0.05, 0.1) is 25.3 Å². The molecule has 0 atom stereocenters. The Labute approximate surface area is 118 Å². The summed E-state index contributed by atoms with van der Waals surface area (Å²) < 4.78 is 5.58. The highest BCUT2D eigenvalue weighted by Gasteiger charge is 2.03. The van der Waals surface area contributed by atoms with Gasteiger partial charge in [0.2, 0.25) is 5.91 Å². The van der Waals surface area contributed by atoms with Crippen LogP contribution in [-0.4, -0.2) is 17.5 Å². The summed E-state index contributed by atoms with van der Waals surface area (Å²) in [5.41, 5.74) is 1.92. The lowest BCUT2D eigenvalue weighted by atomic mass is 10.2. The van der Waals surface area contributed by atoms with Crippen LogP contribution in [0.4, 0.5) is 0 Å². The number of hydrogen-bond donors (Lipinski definition) is 1. The summed E-state index contributed by atoms with van der Waals surface area (Å²) >= 11 is 0.